The fraction of sp³-hybridized carbons (Fsp3) is 0.0833. The van der Waals surface area contributed by atoms with Gasteiger partial charge in [0.15, 0.2) is 0 Å². The van der Waals surface area contributed by atoms with Crippen LogP contribution in [0, 0.1) is 6.92 Å². The van der Waals surface area contributed by atoms with Gasteiger partial charge in [-0.25, -0.2) is 0 Å². The van der Waals surface area contributed by atoms with Crippen molar-refractivity contribution >= 4 is 23.6 Å². The Hall–Kier alpha value is -4.06. The summed E-state index contributed by atoms with van der Waals surface area (Å²) in [4.78, 5) is 25.5. The van der Waals surface area contributed by atoms with E-state index in [4.69, 9.17) is 9.15 Å². The predicted octanol–water partition coefficient (Wildman–Crippen LogP) is 4.56. The molecule has 0 aliphatic carbocycles. The molecule has 6 nitrogen and oxygen atoms in total. The van der Waals surface area contributed by atoms with Crippen LogP contribution in [0.3, 0.4) is 0 Å². The van der Waals surface area contributed by atoms with Crippen molar-refractivity contribution in [3.05, 3.63) is 102 Å². The molecule has 152 valence electrons. The lowest BCUT2D eigenvalue weighted by molar-refractivity contribution is -0.113. The van der Waals surface area contributed by atoms with E-state index in [1.807, 2.05) is 19.1 Å². The molecule has 2 N–H and O–H groups in total. The molecule has 0 atom stereocenters. The molecule has 3 aromatic rings. The molecule has 0 bridgehead atoms. The monoisotopic (exact) mass is 402 g/mol. The molecule has 30 heavy (non-hydrogen) atoms. The number of amides is 2. The highest BCUT2D eigenvalue weighted by Crippen LogP contribution is 2.18. The van der Waals surface area contributed by atoms with Crippen LogP contribution in [0.2, 0.25) is 0 Å². The normalized spacial score (nSPS) is 10.9. The Bertz CT molecular complexity index is 1050. The van der Waals surface area contributed by atoms with Gasteiger partial charge in [-0.15, -0.1) is 0 Å². The third-order valence-electron chi connectivity index (χ3n) is 4.10. The molecule has 0 unspecified atom stereocenters. The Balaban J connectivity index is 1.80. The van der Waals surface area contributed by atoms with E-state index in [0.717, 1.165) is 5.56 Å². The summed E-state index contributed by atoms with van der Waals surface area (Å²) in [5.74, 6) is 0.138. The van der Waals surface area contributed by atoms with Gasteiger partial charge in [0.25, 0.3) is 11.8 Å². The fourth-order valence-electron chi connectivity index (χ4n) is 2.59. The zero-order valence-corrected chi connectivity index (χ0v) is 16.6. The maximum atomic E-state index is 12.9. The lowest BCUT2D eigenvalue weighted by Crippen LogP contribution is -2.30. The van der Waals surface area contributed by atoms with Crippen LogP contribution in [0.25, 0.3) is 6.08 Å². The number of benzene rings is 2. The van der Waals surface area contributed by atoms with Crippen LogP contribution in [-0.4, -0.2) is 18.4 Å². The van der Waals surface area contributed by atoms with E-state index < -0.39 is 11.8 Å². The first kappa shape index (κ1) is 20.7. The maximum Gasteiger partial charge on any atom is 0.272 e. The predicted molar refractivity (Wildman–Crippen MR) is 116 cm³/mol. The molecular formula is C24H22N2O4. The molecule has 6 heteroatoms. The molecule has 1 aromatic heterocycles. The van der Waals surface area contributed by atoms with Gasteiger partial charge in [-0.2, -0.15) is 0 Å². The number of carbonyl (C=O) groups excluding carboxylic acids is 2. The first-order valence-electron chi connectivity index (χ1n) is 9.33. The molecule has 0 spiro atoms. The van der Waals surface area contributed by atoms with Crippen LogP contribution in [0.15, 0.2) is 89.7 Å². The number of ether oxygens (including phenoxy) is 1. The summed E-state index contributed by atoms with van der Waals surface area (Å²) in [6, 6.07) is 17.4. The van der Waals surface area contributed by atoms with Crippen LogP contribution < -0.4 is 15.4 Å². The molecule has 3 rings (SSSR count). The van der Waals surface area contributed by atoms with Gasteiger partial charge in [-0.3, -0.25) is 9.59 Å². The highest BCUT2D eigenvalue weighted by atomic mass is 16.5. The summed E-state index contributed by atoms with van der Waals surface area (Å²) in [6.45, 7) is 5.90. The number of rotatable bonds is 8. The van der Waals surface area contributed by atoms with Crippen LogP contribution >= 0.6 is 0 Å². The number of carbonyl (C=O) groups is 2. The zero-order chi connectivity index (χ0) is 21.3. The van der Waals surface area contributed by atoms with Gasteiger partial charge in [0.05, 0.1) is 6.26 Å². The number of hydrogen-bond acceptors (Lipinski definition) is 4. The largest absolute Gasteiger partial charge is 0.489 e. The van der Waals surface area contributed by atoms with Crippen molar-refractivity contribution < 1.29 is 18.7 Å². The quantitative estimate of drug-likeness (QED) is 0.427. The van der Waals surface area contributed by atoms with Crippen molar-refractivity contribution in [3.8, 4) is 5.75 Å². The van der Waals surface area contributed by atoms with Crippen LogP contribution in [0.4, 0.5) is 5.69 Å². The summed E-state index contributed by atoms with van der Waals surface area (Å²) in [7, 11) is 0. The first-order chi connectivity index (χ1) is 14.5. The van der Waals surface area contributed by atoms with Crippen molar-refractivity contribution in [2.45, 2.75) is 6.92 Å². The zero-order valence-electron chi connectivity index (χ0n) is 16.6. The second-order valence-electron chi connectivity index (χ2n) is 6.48. The van der Waals surface area contributed by atoms with Crippen molar-refractivity contribution in [1.82, 2.24) is 5.32 Å². The Morgan fingerprint density at radius 2 is 1.90 bits per heavy atom. The van der Waals surface area contributed by atoms with Gasteiger partial charge in [-0.1, -0.05) is 36.4 Å². The molecule has 1 heterocycles. The number of hydrogen-bond donors (Lipinski definition) is 2. The third-order valence-corrected chi connectivity index (χ3v) is 4.10. The average molecular weight is 402 g/mol. The maximum absolute atomic E-state index is 12.9. The number of nitrogens with one attached hydrogen (secondary N) is 2. The molecular weight excluding hydrogens is 380 g/mol. The van der Waals surface area contributed by atoms with Gasteiger partial charge < -0.3 is 19.8 Å². The second-order valence-corrected chi connectivity index (χ2v) is 6.48. The summed E-state index contributed by atoms with van der Waals surface area (Å²) in [6.07, 6.45) is 4.60. The molecule has 0 radical (unpaired) electrons. The third kappa shape index (κ3) is 5.72. The smallest absolute Gasteiger partial charge is 0.272 e. The second kappa shape index (κ2) is 9.93. The molecule has 0 saturated heterocycles. The average Bonchev–Trinajstić information content (AvgIpc) is 3.25. The topological polar surface area (TPSA) is 80.6 Å². The van der Waals surface area contributed by atoms with Gasteiger partial charge in [0.2, 0.25) is 0 Å². The summed E-state index contributed by atoms with van der Waals surface area (Å²) in [5.41, 5.74) is 2.05. The summed E-state index contributed by atoms with van der Waals surface area (Å²) in [5, 5.41) is 5.43. The van der Waals surface area contributed by atoms with Crippen molar-refractivity contribution in [2.24, 2.45) is 0 Å². The van der Waals surface area contributed by atoms with E-state index in [1.165, 1.54) is 12.3 Å². The van der Waals surface area contributed by atoms with Crippen molar-refractivity contribution in [3.63, 3.8) is 0 Å². The minimum absolute atomic E-state index is 0.0490. The molecule has 2 amide bonds. The van der Waals surface area contributed by atoms with Gasteiger partial charge in [0, 0.05) is 23.4 Å². The van der Waals surface area contributed by atoms with E-state index in [2.05, 4.69) is 17.2 Å². The minimum atomic E-state index is -0.493. The standard InChI is InChI=1S/C24H22N2O4/c1-3-13-29-20-7-4-6-19(15-20)25-24(28)22(16-21-8-5-14-30-21)26-23(27)18-11-9-17(2)10-12-18/h3-12,14-16H,1,13H2,2H3,(H,25,28)(H,26,27)/b22-16-. The summed E-state index contributed by atoms with van der Waals surface area (Å²) < 4.78 is 10.8. The van der Waals surface area contributed by atoms with E-state index in [-0.39, 0.29) is 5.70 Å². The van der Waals surface area contributed by atoms with Crippen molar-refractivity contribution in [1.29, 1.82) is 0 Å². The lowest BCUT2D eigenvalue weighted by Gasteiger charge is -2.12. The highest BCUT2D eigenvalue weighted by molar-refractivity contribution is 6.10. The lowest BCUT2D eigenvalue weighted by atomic mass is 10.1. The molecule has 0 aliphatic heterocycles. The van der Waals surface area contributed by atoms with Gasteiger partial charge in [-0.05, 0) is 43.3 Å². The van der Waals surface area contributed by atoms with E-state index in [1.54, 1.807) is 54.6 Å². The Morgan fingerprint density at radius 1 is 1.10 bits per heavy atom. The minimum Gasteiger partial charge on any atom is -0.489 e. The molecule has 0 saturated carbocycles. The molecule has 0 fully saturated rings. The van der Waals surface area contributed by atoms with Crippen molar-refractivity contribution in [2.75, 3.05) is 11.9 Å². The SMILES string of the molecule is C=CCOc1cccc(NC(=O)/C(=C/c2ccco2)NC(=O)c2ccc(C)cc2)c1. The van der Waals surface area contributed by atoms with E-state index in [0.29, 0.717) is 29.4 Å². The van der Waals surface area contributed by atoms with Gasteiger partial charge in [0.1, 0.15) is 23.8 Å². The van der Waals surface area contributed by atoms with E-state index in [9.17, 15) is 9.59 Å². The molecule has 2 aromatic carbocycles. The van der Waals surface area contributed by atoms with Crippen LogP contribution in [0.5, 0.6) is 5.75 Å². The van der Waals surface area contributed by atoms with Crippen LogP contribution in [0.1, 0.15) is 21.7 Å². The number of anilines is 1. The van der Waals surface area contributed by atoms with Gasteiger partial charge >= 0.3 is 0 Å². The number of furan rings is 1. The molecule has 0 aliphatic rings. The number of aryl methyl sites for hydroxylation is 1. The van der Waals surface area contributed by atoms with Crippen LogP contribution in [-0.2, 0) is 4.79 Å². The Morgan fingerprint density at radius 3 is 2.60 bits per heavy atom. The van der Waals surface area contributed by atoms with E-state index >= 15 is 0 Å². The highest BCUT2D eigenvalue weighted by Gasteiger charge is 2.16. The summed E-state index contributed by atoms with van der Waals surface area (Å²) >= 11 is 0. The Labute approximate surface area is 174 Å². The fourth-order valence-corrected chi connectivity index (χ4v) is 2.59. The first-order valence-corrected chi connectivity index (χ1v) is 9.33. The Kier molecular flexibility index (Phi) is 6.84.